The monoisotopic (exact) mass is 278 g/mol. The van der Waals surface area contributed by atoms with E-state index >= 15 is 0 Å². The zero-order chi connectivity index (χ0) is 13.8. The number of aromatic nitrogens is 2. The van der Waals surface area contributed by atoms with Gasteiger partial charge in [0.1, 0.15) is 11.4 Å². The maximum absolute atomic E-state index is 6.02. The summed E-state index contributed by atoms with van der Waals surface area (Å²) in [4.78, 5) is 0. The molecule has 1 spiro atoms. The van der Waals surface area contributed by atoms with Gasteiger partial charge in [0.25, 0.3) is 0 Å². The van der Waals surface area contributed by atoms with Crippen LogP contribution in [-0.2, 0) is 9.47 Å². The molecule has 110 valence electrons. The lowest BCUT2D eigenvalue weighted by Crippen LogP contribution is -2.42. The zero-order valence-corrected chi connectivity index (χ0v) is 11.9. The predicted molar refractivity (Wildman–Crippen MR) is 75.7 cm³/mol. The minimum absolute atomic E-state index is 0.137. The lowest BCUT2D eigenvalue weighted by atomic mass is 9.94. The smallest absolute Gasteiger partial charge is 0.148 e. The molecule has 6 nitrogen and oxygen atoms in total. The van der Waals surface area contributed by atoms with Crippen molar-refractivity contribution in [1.82, 2.24) is 15.5 Å². The Labute approximate surface area is 119 Å². The quantitative estimate of drug-likeness (QED) is 0.843. The Hall–Kier alpha value is -1.24. The summed E-state index contributed by atoms with van der Waals surface area (Å²) in [5.74, 6) is 1.31. The van der Waals surface area contributed by atoms with Gasteiger partial charge in [-0.2, -0.15) is 5.10 Å². The van der Waals surface area contributed by atoms with Gasteiger partial charge in [-0.1, -0.05) is 0 Å². The van der Waals surface area contributed by atoms with Crippen molar-refractivity contribution < 1.29 is 9.47 Å². The maximum atomic E-state index is 6.02. The average molecular weight is 278 g/mol. The second-order valence-electron chi connectivity index (χ2n) is 5.73. The minimum atomic E-state index is -0.137. The lowest BCUT2D eigenvalue weighted by molar-refractivity contribution is -0.0471. The van der Waals surface area contributed by atoms with Gasteiger partial charge in [-0.05, 0) is 25.5 Å². The van der Waals surface area contributed by atoms with Crippen LogP contribution < -0.4 is 10.6 Å². The first-order valence-corrected chi connectivity index (χ1v) is 7.22. The second kappa shape index (κ2) is 6.03. The van der Waals surface area contributed by atoms with Crippen LogP contribution in [0.2, 0.25) is 0 Å². The van der Waals surface area contributed by atoms with E-state index in [9.17, 15) is 0 Å². The third-order valence-electron chi connectivity index (χ3n) is 3.89. The predicted octanol–water partition coefficient (Wildman–Crippen LogP) is 0.592. The summed E-state index contributed by atoms with van der Waals surface area (Å²) in [6.07, 6.45) is 1.02. The third-order valence-corrected chi connectivity index (χ3v) is 3.89. The Morgan fingerprint density at radius 3 is 3.25 bits per heavy atom. The van der Waals surface area contributed by atoms with E-state index in [2.05, 4.69) is 20.8 Å². The maximum Gasteiger partial charge on any atom is 0.148 e. The van der Waals surface area contributed by atoms with Crippen LogP contribution in [0.4, 0.5) is 5.82 Å². The highest BCUT2D eigenvalue weighted by molar-refractivity contribution is 5.32. The highest BCUT2D eigenvalue weighted by Gasteiger charge is 2.41. The molecule has 0 radical (unpaired) electrons. The van der Waals surface area contributed by atoms with Crippen molar-refractivity contribution in [2.45, 2.75) is 18.9 Å². The number of aryl methyl sites for hydroxylation is 1. The molecular weight excluding hydrogens is 256 g/mol. The largest absolute Gasteiger partial charge is 0.377 e. The van der Waals surface area contributed by atoms with E-state index in [1.165, 1.54) is 0 Å². The molecule has 0 unspecified atom stereocenters. The fourth-order valence-corrected chi connectivity index (χ4v) is 2.81. The fraction of sp³-hybridized carbons (Fsp3) is 0.714. The van der Waals surface area contributed by atoms with Gasteiger partial charge in [0.2, 0.25) is 0 Å². The molecule has 2 fully saturated rings. The molecule has 2 saturated heterocycles. The van der Waals surface area contributed by atoms with Crippen LogP contribution in [0, 0.1) is 12.8 Å². The lowest BCUT2D eigenvalue weighted by Gasteiger charge is -2.25. The molecule has 0 amide bonds. The molecule has 3 heterocycles. The van der Waals surface area contributed by atoms with Gasteiger partial charge in [-0.25, -0.2) is 0 Å². The molecule has 0 saturated carbocycles. The second-order valence-corrected chi connectivity index (χ2v) is 5.73. The molecule has 0 aromatic carbocycles. The molecule has 1 aromatic heterocycles. The molecule has 2 aliphatic heterocycles. The number of rotatable bonds is 3. The summed E-state index contributed by atoms with van der Waals surface area (Å²) in [6, 6.07) is 3.93. The van der Waals surface area contributed by atoms with Gasteiger partial charge in [0.05, 0.1) is 25.5 Å². The fourth-order valence-electron chi connectivity index (χ4n) is 2.81. The van der Waals surface area contributed by atoms with Crippen molar-refractivity contribution in [1.29, 1.82) is 0 Å². The summed E-state index contributed by atoms with van der Waals surface area (Å²) >= 11 is 0. The Morgan fingerprint density at radius 1 is 1.45 bits per heavy atom. The minimum Gasteiger partial charge on any atom is -0.377 e. The van der Waals surface area contributed by atoms with Crippen molar-refractivity contribution in [3.05, 3.63) is 17.8 Å². The van der Waals surface area contributed by atoms with Gasteiger partial charge in [0, 0.05) is 25.6 Å². The zero-order valence-electron chi connectivity index (χ0n) is 11.9. The van der Waals surface area contributed by atoms with E-state index in [0.29, 0.717) is 12.5 Å². The first kappa shape index (κ1) is 13.7. The number of nitrogens with one attached hydrogen (secondary N) is 2. The standard InChI is InChI=1S/C14H22N4O2/c1-11-2-3-13(18-17-11)16-7-12-6-14(20-8-12)9-15-4-5-19-10-14/h2-3,12,15H,4-10H2,1H3,(H,16,18)/t12-,14+/m1/s1. The van der Waals surface area contributed by atoms with Crippen molar-refractivity contribution in [2.75, 3.05) is 44.8 Å². The summed E-state index contributed by atoms with van der Waals surface area (Å²) in [6.45, 7) is 6.83. The molecule has 0 bridgehead atoms. The number of ether oxygens (including phenoxy) is 2. The molecule has 2 aliphatic rings. The van der Waals surface area contributed by atoms with Gasteiger partial charge in [-0.15, -0.1) is 5.10 Å². The Kier molecular flexibility index (Phi) is 4.14. The van der Waals surface area contributed by atoms with Crippen LogP contribution in [0.3, 0.4) is 0 Å². The van der Waals surface area contributed by atoms with E-state index in [-0.39, 0.29) is 5.60 Å². The van der Waals surface area contributed by atoms with Crippen LogP contribution in [0.1, 0.15) is 12.1 Å². The molecule has 0 aliphatic carbocycles. The summed E-state index contributed by atoms with van der Waals surface area (Å²) in [5.41, 5.74) is 0.794. The topological polar surface area (TPSA) is 68.3 Å². The van der Waals surface area contributed by atoms with Crippen LogP contribution in [0.15, 0.2) is 12.1 Å². The summed E-state index contributed by atoms with van der Waals surface area (Å²) in [5, 5.41) is 14.9. The van der Waals surface area contributed by atoms with Crippen LogP contribution in [0.5, 0.6) is 0 Å². The van der Waals surface area contributed by atoms with Crippen molar-refractivity contribution in [3.63, 3.8) is 0 Å². The molecule has 2 N–H and O–H groups in total. The number of hydrogen-bond donors (Lipinski definition) is 2. The first-order valence-electron chi connectivity index (χ1n) is 7.22. The van der Waals surface area contributed by atoms with E-state index in [1.807, 2.05) is 19.1 Å². The Morgan fingerprint density at radius 2 is 2.40 bits per heavy atom. The highest BCUT2D eigenvalue weighted by Crippen LogP contribution is 2.31. The van der Waals surface area contributed by atoms with Gasteiger partial charge >= 0.3 is 0 Å². The molecular formula is C14H22N4O2. The summed E-state index contributed by atoms with van der Waals surface area (Å²) < 4.78 is 11.6. The molecule has 2 atom stereocenters. The van der Waals surface area contributed by atoms with Crippen molar-refractivity contribution in [3.8, 4) is 0 Å². The third kappa shape index (κ3) is 3.26. The highest BCUT2D eigenvalue weighted by atomic mass is 16.5. The molecule has 3 rings (SSSR count). The Balaban J connectivity index is 1.51. The van der Waals surface area contributed by atoms with Gasteiger partial charge in [0.15, 0.2) is 0 Å². The van der Waals surface area contributed by atoms with Crippen LogP contribution in [0.25, 0.3) is 0 Å². The molecule has 6 heteroatoms. The van der Waals surface area contributed by atoms with Gasteiger partial charge in [-0.3, -0.25) is 0 Å². The first-order chi connectivity index (χ1) is 9.76. The van der Waals surface area contributed by atoms with Crippen LogP contribution >= 0.6 is 0 Å². The van der Waals surface area contributed by atoms with E-state index in [4.69, 9.17) is 9.47 Å². The summed E-state index contributed by atoms with van der Waals surface area (Å²) in [7, 11) is 0. The Bertz CT molecular complexity index is 429. The number of anilines is 1. The number of nitrogens with zero attached hydrogens (tertiary/aromatic N) is 2. The van der Waals surface area contributed by atoms with Crippen LogP contribution in [-0.4, -0.2) is 55.3 Å². The van der Waals surface area contributed by atoms with Crippen molar-refractivity contribution in [2.24, 2.45) is 5.92 Å². The molecule has 1 aromatic rings. The van der Waals surface area contributed by atoms with Gasteiger partial charge < -0.3 is 20.1 Å². The number of hydrogen-bond acceptors (Lipinski definition) is 6. The molecule has 20 heavy (non-hydrogen) atoms. The van der Waals surface area contributed by atoms with E-state index in [1.54, 1.807) is 0 Å². The van der Waals surface area contributed by atoms with E-state index in [0.717, 1.165) is 50.8 Å². The van der Waals surface area contributed by atoms with Crippen molar-refractivity contribution >= 4 is 5.82 Å². The van der Waals surface area contributed by atoms with E-state index < -0.39 is 0 Å². The SMILES string of the molecule is Cc1ccc(NC[C@@H]2CO[C@]3(CNCCOC3)C2)nn1. The normalized spacial score (nSPS) is 30.4. The average Bonchev–Trinajstić information content (AvgIpc) is 2.71.